The molecule has 2 nitrogen and oxygen atoms in total. The van der Waals surface area contributed by atoms with Crippen molar-refractivity contribution in [3.63, 3.8) is 0 Å². The molecule has 0 aliphatic heterocycles. The monoisotopic (exact) mass is 511 g/mol. The standard InChI is InChI=1S/C17H36O.C17H34O/c2*1-3-4-5-6-7-8-9-10-11-12-13-14-17(2)15-16-18/h17-18H,3-16H2,1-2H3;16-17H,3-15H2,1-2H3/t2*17-/m11/s1. The second kappa shape index (κ2) is 34.6. The van der Waals surface area contributed by atoms with E-state index in [2.05, 4.69) is 27.7 Å². The zero-order valence-electron chi connectivity index (χ0n) is 25.7. The molecule has 0 aliphatic rings. The first-order valence-corrected chi connectivity index (χ1v) is 16.7. The van der Waals surface area contributed by atoms with Gasteiger partial charge in [-0.2, -0.15) is 0 Å². The molecule has 0 radical (unpaired) electrons. The average molecular weight is 511 g/mol. The lowest BCUT2D eigenvalue weighted by atomic mass is 9.99. The zero-order valence-corrected chi connectivity index (χ0v) is 25.7. The molecule has 2 heteroatoms. The predicted molar refractivity (Wildman–Crippen MR) is 163 cm³/mol. The SMILES string of the molecule is CCCCCCCCCCCCC[C@@H](C)CC=O.CCCCCCCCCCCCC[C@@H](C)CCO. The Morgan fingerprint density at radius 2 is 0.778 bits per heavy atom. The highest BCUT2D eigenvalue weighted by Gasteiger charge is 2.01. The summed E-state index contributed by atoms with van der Waals surface area (Å²) in [4.78, 5) is 10.3. The first kappa shape index (κ1) is 37.8. The van der Waals surface area contributed by atoms with Gasteiger partial charge >= 0.3 is 0 Å². The van der Waals surface area contributed by atoms with E-state index in [9.17, 15) is 4.79 Å². The van der Waals surface area contributed by atoms with Crippen LogP contribution in [0.4, 0.5) is 0 Å². The quantitative estimate of drug-likeness (QED) is 0.0839. The van der Waals surface area contributed by atoms with E-state index in [0.29, 0.717) is 18.4 Å². The van der Waals surface area contributed by atoms with Crippen LogP contribution in [0.3, 0.4) is 0 Å². The molecule has 0 saturated carbocycles. The average Bonchev–Trinajstić information content (AvgIpc) is 2.86. The molecule has 0 heterocycles. The van der Waals surface area contributed by atoms with E-state index >= 15 is 0 Å². The first-order chi connectivity index (χ1) is 17.6. The third-order valence-corrected chi connectivity index (χ3v) is 7.72. The summed E-state index contributed by atoms with van der Waals surface area (Å²) in [6.45, 7) is 9.35. The molecular formula is C34H70O2. The van der Waals surface area contributed by atoms with Gasteiger partial charge in [0.25, 0.3) is 0 Å². The van der Waals surface area contributed by atoms with Gasteiger partial charge in [-0.05, 0) is 18.3 Å². The number of carbonyl (C=O) groups is 1. The summed E-state index contributed by atoms with van der Waals surface area (Å²) in [6.07, 6.45) is 36.4. The van der Waals surface area contributed by atoms with Crippen molar-refractivity contribution >= 4 is 6.29 Å². The van der Waals surface area contributed by atoms with Crippen LogP contribution >= 0.6 is 0 Å². The third-order valence-electron chi connectivity index (χ3n) is 7.72. The van der Waals surface area contributed by atoms with Gasteiger partial charge < -0.3 is 9.90 Å². The molecule has 0 aliphatic carbocycles. The van der Waals surface area contributed by atoms with E-state index in [0.717, 1.165) is 19.1 Å². The summed E-state index contributed by atoms with van der Waals surface area (Å²) in [5.74, 6) is 1.31. The van der Waals surface area contributed by atoms with Crippen LogP contribution in [0.25, 0.3) is 0 Å². The number of rotatable bonds is 28. The van der Waals surface area contributed by atoms with E-state index in [1.807, 2.05) is 0 Å². The fourth-order valence-electron chi connectivity index (χ4n) is 4.96. The molecule has 0 unspecified atom stereocenters. The fraction of sp³-hybridized carbons (Fsp3) is 0.971. The minimum absolute atomic E-state index is 0.360. The number of aliphatic hydroxyl groups is 1. The molecule has 0 bridgehead atoms. The van der Waals surface area contributed by atoms with Gasteiger partial charge in [-0.15, -0.1) is 0 Å². The Balaban J connectivity index is 0. The van der Waals surface area contributed by atoms with Gasteiger partial charge in [0.2, 0.25) is 0 Å². The number of carbonyl (C=O) groups excluding carboxylic acids is 1. The topological polar surface area (TPSA) is 37.3 Å². The summed E-state index contributed by atoms with van der Waals surface area (Å²) in [6, 6.07) is 0. The maximum Gasteiger partial charge on any atom is 0.120 e. The van der Waals surface area contributed by atoms with E-state index in [4.69, 9.17) is 5.11 Å². The van der Waals surface area contributed by atoms with Gasteiger partial charge in [-0.1, -0.05) is 182 Å². The normalized spacial score (nSPS) is 12.7. The lowest BCUT2D eigenvalue weighted by Gasteiger charge is -2.08. The number of hydrogen-bond donors (Lipinski definition) is 1. The van der Waals surface area contributed by atoms with Crippen LogP contribution in [0.5, 0.6) is 0 Å². The zero-order chi connectivity index (χ0) is 27.0. The lowest BCUT2D eigenvalue weighted by Crippen LogP contribution is -1.97. The van der Waals surface area contributed by atoms with Gasteiger partial charge in [-0.25, -0.2) is 0 Å². The van der Waals surface area contributed by atoms with E-state index < -0.39 is 0 Å². The van der Waals surface area contributed by atoms with Crippen molar-refractivity contribution in [2.45, 2.75) is 195 Å². The van der Waals surface area contributed by atoms with E-state index in [1.165, 1.54) is 154 Å². The number of hydrogen-bond acceptors (Lipinski definition) is 2. The molecule has 0 saturated heterocycles. The maximum atomic E-state index is 10.3. The minimum Gasteiger partial charge on any atom is -0.396 e. The molecule has 1 N–H and O–H groups in total. The molecular weight excluding hydrogens is 440 g/mol. The van der Waals surface area contributed by atoms with Gasteiger partial charge in [-0.3, -0.25) is 0 Å². The Labute approximate surface area is 229 Å². The Bertz CT molecular complexity index is 381. The maximum absolute atomic E-state index is 10.3. The highest BCUT2D eigenvalue weighted by atomic mass is 16.3. The summed E-state index contributed by atoms with van der Waals surface area (Å²) < 4.78 is 0. The Kier molecular flexibility index (Phi) is 36.3. The van der Waals surface area contributed by atoms with Crippen molar-refractivity contribution in [2.75, 3.05) is 6.61 Å². The molecule has 0 fully saturated rings. The predicted octanol–water partition coefficient (Wildman–Crippen LogP) is 11.6. The second-order valence-electron chi connectivity index (χ2n) is 11.8. The molecule has 0 amide bonds. The van der Waals surface area contributed by atoms with Crippen molar-refractivity contribution in [2.24, 2.45) is 11.8 Å². The Morgan fingerprint density at radius 1 is 0.472 bits per heavy atom. The smallest absolute Gasteiger partial charge is 0.120 e. The van der Waals surface area contributed by atoms with Gasteiger partial charge in [0.15, 0.2) is 0 Å². The van der Waals surface area contributed by atoms with Crippen LogP contribution in [0.15, 0.2) is 0 Å². The largest absolute Gasteiger partial charge is 0.396 e. The van der Waals surface area contributed by atoms with Crippen molar-refractivity contribution in [1.82, 2.24) is 0 Å². The number of unbranched alkanes of at least 4 members (excludes halogenated alkanes) is 20. The van der Waals surface area contributed by atoms with Crippen LogP contribution in [0, 0.1) is 11.8 Å². The summed E-state index contributed by atoms with van der Waals surface area (Å²) in [5, 5.41) is 8.81. The minimum atomic E-state index is 0.360. The number of aliphatic hydroxyl groups excluding tert-OH is 1. The van der Waals surface area contributed by atoms with Crippen LogP contribution in [0.2, 0.25) is 0 Å². The Hall–Kier alpha value is -0.370. The lowest BCUT2D eigenvalue weighted by molar-refractivity contribution is -0.108. The molecule has 36 heavy (non-hydrogen) atoms. The van der Waals surface area contributed by atoms with E-state index in [-0.39, 0.29) is 0 Å². The van der Waals surface area contributed by atoms with E-state index in [1.54, 1.807) is 0 Å². The van der Waals surface area contributed by atoms with Crippen molar-refractivity contribution < 1.29 is 9.90 Å². The number of aldehydes is 1. The van der Waals surface area contributed by atoms with Crippen molar-refractivity contribution in [3.8, 4) is 0 Å². The highest BCUT2D eigenvalue weighted by Crippen LogP contribution is 2.16. The third kappa shape index (κ3) is 35.8. The van der Waals surface area contributed by atoms with Crippen molar-refractivity contribution in [1.29, 1.82) is 0 Å². The van der Waals surface area contributed by atoms with Crippen LogP contribution < -0.4 is 0 Å². The summed E-state index contributed by atoms with van der Waals surface area (Å²) >= 11 is 0. The highest BCUT2D eigenvalue weighted by molar-refractivity contribution is 5.49. The molecule has 0 aromatic carbocycles. The molecule has 218 valence electrons. The molecule has 0 spiro atoms. The van der Waals surface area contributed by atoms with Crippen molar-refractivity contribution in [3.05, 3.63) is 0 Å². The van der Waals surface area contributed by atoms with Gasteiger partial charge in [0.1, 0.15) is 6.29 Å². The van der Waals surface area contributed by atoms with Gasteiger partial charge in [0.05, 0.1) is 0 Å². The van der Waals surface area contributed by atoms with Crippen LogP contribution in [-0.2, 0) is 4.79 Å². The Morgan fingerprint density at radius 3 is 1.08 bits per heavy atom. The van der Waals surface area contributed by atoms with Gasteiger partial charge in [0, 0.05) is 13.0 Å². The fourth-order valence-corrected chi connectivity index (χ4v) is 4.96. The molecule has 2 atom stereocenters. The molecule has 0 rings (SSSR count). The van der Waals surface area contributed by atoms with Crippen LogP contribution in [-0.4, -0.2) is 18.0 Å². The summed E-state index contributed by atoms with van der Waals surface area (Å²) in [5.41, 5.74) is 0. The molecule has 0 aromatic heterocycles. The second-order valence-corrected chi connectivity index (χ2v) is 11.8. The molecule has 0 aromatic rings. The first-order valence-electron chi connectivity index (χ1n) is 16.7. The summed E-state index contributed by atoms with van der Waals surface area (Å²) in [7, 11) is 0. The van der Waals surface area contributed by atoms with Crippen LogP contribution in [0.1, 0.15) is 195 Å².